The van der Waals surface area contributed by atoms with Gasteiger partial charge in [-0.2, -0.15) is 0 Å². The molecule has 2 unspecified atom stereocenters. The van der Waals surface area contributed by atoms with Crippen LogP contribution in [0.1, 0.15) is 24.0 Å². The monoisotopic (exact) mass is 320 g/mol. The Morgan fingerprint density at radius 1 is 1.27 bits per heavy atom. The molecule has 0 saturated heterocycles. The normalized spacial score (nSPS) is 13.6. The van der Waals surface area contributed by atoms with Crippen molar-refractivity contribution in [3.63, 3.8) is 0 Å². The van der Waals surface area contributed by atoms with Crippen molar-refractivity contribution in [1.82, 2.24) is 5.32 Å². The van der Waals surface area contributed by atoms with E-state index >= 15 is 0 Å². The van der Waals surface area contributed by atoms with E-state index in [4.69, 9.17) is 17.3 Å². The number of nitrogens with two attached hydrogens (primary N) is 1. The fourth-order valence-corrected chi connectivity index (χ4v) is 2.47. The third-order valence-corrected chi connectivity index (χ3v) is 3.95. The molecule has 22 heavy (non-hydrogen) atoms. The van der Waals surface area contributed by atoms with E-state index in [0.717, 1.165) is 5.56 Å². The first-order chi connectivity index (χ1) is 10.5. The quantitative estimate of drug-likeness (QED) is 0.858. The molecule has 2 aromatic rings. The fourth-order valence-electron chi connectivity index (χ4n) is 2.35. The molecular formula is C17H18ClFN2O. The standard InChI is InChI=1S/C17H18ClFN2O/c1-11(13-5-3-2-4-6-13)16(17(20)22)21-10-12-7-8-14(18)15(19)9-12/h2-9,11,16,21H,10H2,1H3,(H2,20,22). The van der Waals surface area contributed by atoms with Gasteiger partial charge in [-0.3, -0.25) is 4.79 Å². The lowest BCUT2D eigenvalue weighted by Crippen LogP contribution is -2.44. The van der Waals surface area contributed by atoms with Gasteiger partial charge in [0.15, 0.2) is 0 Å². The third kappa shape index (κ3) is 4.06. The summed E-state index contributed by atoms with van der Waals surface area (Å²) in [5.74, 6) is -1.01. The summed E-state index contributed by atoms with van der Waals surface area (Å²) in [5.41, 5.74) is 7.21. The molecule has 0 aromatic heterocycles. The van der Waals surface area contributed by atoms with E-state index in [1.807, 2.05) is 37.3 Å². The smallest absolute Gasteiger partial charge is 0.235 e. The maximum Gasteiger partial charge on any atom is 0.235 e. The Morgan fingerprint density at radius 3 is 2.55 bits per heavy atom. The Morgan fingerprint density at radius 2 is 1.95 bits per heavy atom. The molecule has 0 heterocycles. The lowest BCUT2D eigenvalue weighted by Gasteiger charge is -2.23. The van der Waals surface area contributed by atoms with Crippen molar-refractivity contribution in [3.8, 4) is 0 Å². The molecule has 5 heteroatoms. The first-order valence-corrected chi connectivity index (χ1v) is 7.38. The summed E-state index contributed by atoms with van der Waals surface area (Å²) >= 11 is 5.65. The summed E-state index contributed by atoms with van der Waals surface area (Å²) in [6.07, 6.45) is 0. The van der Waals surface area contributed by atoms with Gasteiger partial charge in [0.25, 0.3) is 0 Å². The molecule has 0 radical (unpaired) electrons. The summed E-state index contributed by atoms with van der Waals surface area (Å²) < 4.78 is 13.4. The molecule has 116 valence electrons. The Bertz CT molecular complexity index is 648. The number of hydrogen-bond donors (Lipinski definition) is 2. The minimum Gasteiger partial charge on any atom is -0.368 e. The van der Waals surface area contributed by atoms with Gasteiger partial charge in [0.2, 0.25) is 5.91 Å². The number of rotatable bonds is 6. The van der Waals surface area contributed by atoms with Gasteiger partial charge in [-0.25, -0.2) is 4.39 Å². The lowest BCUT2D eigenvalue weighted by atomic mass is 9.92. The summed E-state index contributed by atoms with van der Waals surface area (Å²) in [4.78, 5) is 11.7. The van der Waals surface area contributed by atoms with E-state index in [0.29, 0.717) is 12.1 Å². The van der Waals surface area contributed by atoms with Crippen LogP contribution in [0.5, 0.6) is 0 Å². The topological polar surface area (TPSA) is 55.1 Å². The van der Waals surface area contributed by atoms with Crippen molar-refractivity contribution in [2.75, 3.05) is 0 Å². The number of nitrogens with one attached hydrogen (secondary N) is 1. The fraction of sp³-hybridized carbons (Fsp3) is 0.235. The Balaban J connectivity index is 2.09. The van der Waals surface area contributed by atoms with Gasteiger partial charge in [0, 0.05) is 12.5 Å². The van der Waals surface area contributed by atoms with E-state index in [9.17, 15) is 9.18 Å². The zero-order valence-corrected chi connectivity index (χ0v) is 13.0. The van der Waals surface area contributed by atoms with E-state index in [1.165, 1.54) is 12.1 Å². The van der Waals surface area contributed by atoms with Crippen LogP contribution < -0.4 is 11.1 Å². The van der Waals surface area contributed by atoms with Gasteiger partial charge < -0.3 is 11.1 Å². The second-order valence-corrected chi connectivity index (χ2v) is 5.62. The number of amides is 1. The number of primary amides is 1. The summed E-state index contributed by atoms with van der Waals surface area (Å²) in [5, 5.41) is 3.17. The predicted molar refractivity (Wildman–Crippen MR) is 86.1 cm³/mol. The SMILES string of the molecule is CC(c1ccccc1)C(NCc1ccc(Cl)c(F)c1)C(N)=O. The van der Waals surface area contributed by atoms with Crippen LogP contribution in [0.3, 0.4) is 0 Å². The molecule has 3 nitrogen and oxygen atoms in total. The largest absolute Gasteiger partial charge is 0.368 e. The Kier molecular flexibility index (Phi) is 5.52. The number of carbonyl (C=O) groups excluding carboxylic acids is 1. The van der Waals surface area contributed by atoms with Crippen molar-refractivity contribution < 1.29 is 9.18 Å². The highest BCUT2D eigenvalue weighted by molar-refractivity contribution is 6.30. The number of benzene rings is 2. The molecule has 3 N–H and O–H groups in total. The highest BCUT2D eigenvalue weighted by atomic mass is 35.5. The van der Waals surface area contributed by atoms with Crippen molar-refractivity contribution in [2.45, 2.75) is 25.4 Å². The molecule has 2 rings (SSSR count). The second kappa shape index (κ2) is 7.38. The first kappa shape index (κ1) is 16.5. The van der Waals surface area contributed by atoms with Gasteiger partial charge in [-0.1, -0.05) is 54.9 Å². The average molecular weight is 321 g/mol. The van der Waals surface area contributed by atoms with Crippen LogP contribution in [0.25, 0.3) is 0 Å². The molecule has 0 spiro atoms. The molecule has 0 aliphatic rings. The van der Waals surface area contributed by atoms with Gasteiger partial charge in [-0.05, 0) is 23.3 Å². The molecule has 0 fully saturated rings. The highest BCUT2D eigenvalue weighted by Gasteiger charge is 2.23. The predicted octanol–water partition coefficient (Wildman–Crippen LogP) is 3.23. The Hall–Kier alpha value is -1.91. The molecule has 2 aromatic carbocycles. The van der Waals surface area contributed by atoms with Crippen molar-refractivity contribution >= 4 is 17.5 Å². The maximum absolute atomic E-state index is 13.4. The first-order valence-electron chi connectivity index (χ1n) is 7.00. The maximum atomic E-state index is 13.4. The Labute approximate surface area is 134 Å². The zero-order chi connectivity index (χ0) is 16.1. The van der Waals surface area contributed by atoms with E-state index in [1.54, 1.807) is 6.07 Å². The number of carbonyl (C=O) groups is 1. The summed E-state index contributed by atoms with van der Waals surface area (Å²) in [6, 6.07) is 13.7. The van der Waals surface area contributed by atoms with Gasteiger partial charge in [0.05, 0.1) is 11.1 Å². The van der Waals surface area contributed by atoms with Crippen molar-refractivity contribution in [3.05, 3.63) is 70.5 Å². The van der Waals surface area contributed by atoms with Crippen LogP contribution in [-0.2, 0) is 11.3 Å². The van der Waals surface area contributed by atoms with E-state index in [2.05, 4.69) is 5.32 Å². The molecule has 2 atom stereocenters. The van der Waals surface area contributed by atoms with Gasteiger partial charge >= 0.3 is 0 Å². The average Bonchev–Trinajstić information content (AvgIpc) is 2.51. The van der Waals surface area contributed by atoms with Crippen LogP contribution in [0.15, 0.2) is 48.5 Å². The lowest BCUT2D eigenvalue weighted by molar-refractivity contribution is -0.120. The van der Waals surface area contributed by atoms with Crippen molar-refractivity contribution in [1.29, 1.82) is 0 Å². The van der Waals surface area contributed by atoms with Crippen LogP contribution in [0, 0.1) is 5.82 Å². The minimum atomic E-state index is -0.541. The highest BCUT2D eigenvalue weighted by Crippen LogP contribution is 2.20. The number of hydrogen-bond acceptors (Lipinski definition) is 2. The molecule has 0 saturated carbocycles. The number of halogens is 2. The van der Waals surface area contributed by atoms with Crippen LogP contribution in [0.4, 0.5) is 4.39 Å². The molecule has 0 aliphatic carbocycles. The molecule has 0 bridgehead atoms. The van der Waals surface area contributed by atoms with Gasteiger partial charge in [-0.15, -0.1) is 0 Å². The second-order valence-electron chi connectivity index (χ2n) is 5.21. The summed E-state index contributed by atoms with van der Waals surface area (Å²) in [6.45, 7) is 2.26. The summed E-state index contributed by atoms with van der Waals surface area (Å²) in [7, 11) is 0. The van der Waals surface area contributed by atoms with E-state index < -0.39 is 17.8 Å². The molecular weight excluding hydrogens is 303 g/mol. The third-order valence-electron chi connectivity index (χ3n) is 3.64. The van der Waals surface area contributed by atoms with Crippen LogP contribution in [0.2, 0.25) is 5.02 Å². The minimum absolute atomic E-state index is 0.0767. The van der Waals surface area contributed by atoms with Crippen LogP contribution >= 0.6 is 11.6 Å². The van der Waals surface area contributed by atoms with Crippen LogP contribution in [-0.4, -0.2) is 11.9 Å². The molecule has 0 aliphatic heterocycles. The zero-order valence-electron chi connectivity index (χ0n) is 12.2. The van der Waals surface area contributed by atoms with Crippen molar-refractivity contribution in [2.24, 2.45) is 5.73 Å². The van der Waals surface area contributed by atoms with Gasteiger partial charge in [0.1, 0.15) is 5.82 Å². The van der Waals surface area contributed by atoms with E-state index in [-0.39, 0.29) is 10.9 Å². The molecule has 1 amide bonds.